The molecule has 2 nitrogen and oxygen atoms in total. The Labute approximate surface area is 227 Å². The van der Waals surface area contributed by atoms with E-state index in [4.69, 9.17) is 4.74 Å². The molecule has 202 valence electrons. The van der Waals surface area contributed by atoms with Gasteiger partial charge < -0.3 is 4.74 Å². The highest BCUT2D eigenvalue weighted by Gasteiger charge is 2.35. The first-order chi connectivity index (χ1) is 17.9. The lowest BCUT2D eigenvalue weighted by Gasteiger charge is -2.35. The highest BCUT2D eigenvalue weighted by atomic mass is 16.5. The van der Waals surface area contributed by atoms with Crippen molar-refractivity contribution >= 4 is 0 Å². The summed E-state index contributed by atoms with van der Waals surface area (Å²) < 4.78 is 6.03. The summed E-state index contributed by atoms with van der Waals surface area (Å²) in [6, 6.07) is 20.4. The van der Waals surface area contributed by atoms with E-state index in [1.54, 1.807) is 0 Å². The van der Waals surface area contributed by atoms with Crippen LogP contribution < -0.4 is 4.74 Å². The lowest BCUT2D eigenvalue weighted by molar-refractivity contribution is 0.223. The lowest BCUT2D eigenvalue weighted by atomic mass is 9.67. The average molecular weight is 502 g/mol. The first-order valence-corrected chi connectivity index (χ1v) is 15.2. The molecule has 0 aromatic heterocycles. The largest absolute Gasteiger partial charge is 0.494 e. The summed E-state index contributed by atoms with van der Waals surface area (Å²) in [5.41, 5.74) is 3.86. The minimum absolute atomic E-state index is 0.0696. The molecule has 0 radical (unpaired) electrons. The summed E-state index contributed by atoms with van der Waals surface area (Å²) in [6.07, 6.45) is 15.6. The minimum atomic E-state index is -0.0696. The van der Waals surface area contributed by atoms with Gasteiger partial charge in [0, 0.05) is 0 Å². The fraction of sp³-hybridized carbons (Fsp3) is 0.629. The van der Waals surface area contributed by atoms with Crippen molar-refractivity contribution in [3.05, 3.63) is 54.1 Å². The molecule has 1 fully saturated rings. The molecular weight excluding hydrogens is 450 g/mol. The Kier molecular flexibility index (Phi) is 12.0. The molecule has 0 bridgehead atoms. The van der Waals surface area contributed by atoms with Gasteiger partial charge in [0.15, 0.2) is 0 Å². The van der Waals surface area contributed by atoms with E-state index in [9.17, 15) is 5.26 Å². The molecule has 0 saturated heterocycles. The molecule has 2 aromatic carbocycles. The Bertz CT molecular complexity index is 929. The van der Waals surface area contributed by atoms with Crippen molar-refractivity contribution in [1.82, 2.24) is 0 Å². The number of hydrogen-bond donors (Lipinski definition) is 0. The van der Waals surface area contributed by atoms with Gasteiger partial charge in [0.2, 0.25) is 0 Å². The molecule has 2 aromatic rings. The maximum atomic E-state index is 9.90. The zero-order valence-electron chi connectivity index (χ0n) is 24.1. The molecule has 1 aliphatic rings. The van der Waals surface area contributed by atoms with Crippen LogP contribution in [0, 0.1) is 28.6 Å². The third-order valence-corrected chi connectivity index (χ3v) is 8.62. The van der Waals surface area contributed by atoms with Crippen LogP contribution in [0.2, 0.25) is 0 Å². The minimum Gasteiger partial charge on any atom is -0.494 e. The van der Waals surface area contributed by atoms with Crippen LogP contribution in [-0.4, -0.2) is 6.61 Å². The second kappa shape index (κ2) is 15.2. The first-order valence-electron chi connectivity index (χ1n) is 15.2. The molecule has 1 atom stereocenters. The van der Waals surface area contributed by atoms with Crippen molar-refractivity contribution in [2.45, 2.75) is 117 Å². The van der Waals surface area contributed by atoms with Crippen molar-refractivity contribution in [3.63, 3.8) is 0 Å². The number of unbranched alkanes of at least 4 members (excludes halogenated alkanes) is 3. The molecular formula is C35H51NO. The Hall–Kier alpha value is -2.27. The number of rotatable bonds is 15. The molecule has 0 spiro atoms. The van der Waals surface area contributed by atoms with Crippen LogP contribution in [0.15, 0.2) is 48.5 Å². The van der Waals surface area contributed by atoms with E-state index in [1.807, 2.05) is 0 Å². The fourth-order valence-electron chi connectivity index (χ4n) is 5.90. The number of nitriles is 1. The number of ether oxygens (including phenoxy) is 1. The summed E-state index contributed by atoms with van der Waals surface area (Å²) in [5.74, 6) is 3.09. The second-order valence-corrected chi connectivity index (χ2v) is 12.2. The predicted molar refractivity (Wildman–Crippen MR) is 158 cm³/mol. The summed E-state index contributed by atoms with van der Waals surface area (Å²) in [5, 5.41) is 9.90. The molecule has 0 amide bonds. The molecule has 1 aliphatic carbocycles. The lowest BCUT2D eigenvalue weighted by Crippen LogP contribution is -2.25. The van der Waals surface area contributed by atoms with Crippen LogP contribution >= 0.6 is 0 Å². The summed E-state index contributed by atoms with van der Waals surface area (Å²) in [4.78, 5) is 0. The SMILES string of the molecule is CCCCCCC1(C#N)CCC(c2ccc(-c3ccc(OCCC(C)CCCC(C)C)cc3)cc2)CC1. The number of nitrogens with zero attached hydrogens (tertiary/aromatic N) is 1. The maximum absolute atomic E-state index is 9.90. The molecule has 0 heterocycles. The van der Waals surface area contributed by atoms with Crippen LogP contribution in [0.1, 0.15) is 123 Å². The zero-order valence-corrected chi connectivity index (χ0v) is 24.1. The van der Waals surface area contributed by atoms with Crippen molar-refractivity contribution < 1.29 is 4.74 Å². The Morgan fingerprint density at radius 1 is 0.838 bits per heavy atom. The van der Waals surface area contributed by atoms with Gasteiger partial charge in [0.25, 0.3) is 0 Å². The Balaban J connectivity index is 1.44. The van der Waals surface area contributed by atoms with Gasteiger partial charge >= 0.3 is 0 Å². The van der Waals surface area contributed by atoms with Crippen LogP contribution in [0.3, 0.4) is 0 Å². The Morgan fingerprint density at radius 3 is 2.08 bits per heavy atom. The van der Waals surface area contributed by atoms with E-state index in [-0.39, 0.29) is 5.41 Å². The van der Waals surface area contributed by atoms with E-state index < -0.39 is 0 Å². The topological polar surface area (TPSA) is 33.0 Å². The second-order valence-electron chi connectivity index (χ2n) is 12.2. The maximum Gasteiger partial charge on any atom is 0.119 e. The van der Waals surface area contributed by atoms with Crippen molar-refractivity contribution in [1.29, 1.82) is 5.26 Å². The first kappa shape index (κ1) is 29.3. The molecule has 1 unspecified atom stereocenters. The molecule has 2 heteroatoms. The van der Waals surface area contributed by atoms with Crippen LogP contribution in [0.5, 0.6) is 5.75 Å². The van der Waals surface area contributed by atoms with Gasteiger partial charge in [0.1, 0.15) is 5.75 Å². The van der Waals surface area contributed by atoms with E-state index in [2.05, 4.69) is 82.3 Å². The molecule has 3 rings (SSSR count). The molecule has 37 heavy (non-hydrogen) atoms. The van der Waals surface area contributed by atoms with Gasteiger partial charge in [-0.3, -0.25) is 0 Å². The van der Waals surface area contributed by atoms with Gasteiger partial charge in [0.05, 0.1) is 18.1 Å². The molecule has 0 aliphatic heterocycles. The fourth-order valence-corrected chi connectivity index (χ4v) is 5.90. The predicted octanol–water partition coefficient (Wildman–Crippen LogP) is 10.7. The van der Waals surface area contributed by atoms with Crippen LogP contribution in [0.25, 0.3) is 11.1 Å². The standard InChI is InChI=1S/C35H51NO/c1-5-6-7-8-23-35(27-36)24-20-33(21-25-35)31-14-12-30(13-15-31)32-16-18-34(19-17-32)37-26-22-29(4)11-9-10-28(2)3/h12-19,28-29,33H,5-11,20-26H2,1-4H3. The molecule has 1 saturated carbocycles. The van der Waals surface area contributed by atoms with Crippen molar-refractivity contribution in [2.75, 3.05) is 6.61 Å². The zero-order chi connectivity index (χ0) is 26.5. The third kappa shape index (κ3) is 9.52. The smallest absolute Gasteiger partial charge is 0.119 e. The quantitative estimate of drug-likeness (QED) is 0.227. The summed E-state index contributed by atoms with van der Waals surface area (Å²) in [6.45, 7) is 10.00. The number of hydrogen-bond acceptors (Lipinski definition) is 2. The monoisotopic (exact) mass is 501 g/mol. The van der Waals surface area contributed by atoms with Gasteiger partial charge in [-0.15, -0.1) is 0 Å². The highest BCUT2D eigenvalue weighted by molar-refractivity contribution is 5.64. The average Bonchev–Trinajstić information content (AvgIpc) is 2.92. The highest BCUT2D eigenvalue weighted by Crippen LogP contribution is 2.46. The van der Waals surface area contributed by atoms with E-state index in [0.717, 1.165) is 62.7 Å². The van der Waals surface area contributed by atoms with Gasteiger partial charge in [-0.25, -0.2) is 0 Å². The summed E-state index contributed by atoms with van der Waals surface area (Å²) in [7, 11) is 0. The van der Waals surface area contributed by atoms with Crippen LogP contribution in [0.4, 0.5) is 0 Å². The van der Waals surface area contributed by atoms with E-state index in [1.165, 1.54) is 61.6 Å². The Morgan fingerprint density at radius 2 is 1.49 bits per heavy atom. The van der Waals surface area contributed by atoms with Crippen molar-refractivity contribution in [2.24, 2.45) is 17.3 Å². The van der Waals surface area contributed by atoms with Gasteiger partial charge in [-0.05, 0) is 85.1 Å². The van der Waals surface area contributed by atoms with E-state index >= 15 is 0 Å². The van der Waals surface area contributed by atoms with Gasteiger partial charge in [-0.2, -0.15) is 5.26 Å². The molecule has 0 N–H and O–H groups in total. The summed E-state index contributed by atoms with van der Waals surface area (Å²) >= 11 is 0. The van der Waals surface area contributed by atoms with Crippen LogP contribution in [-0.2, 0) is 0 Å². The van der Waals surface area contributed by atoms with Crippen molar-refractivity contribution in [3.8, 4) is 22.9 Å². The normalized spacial score (nSPS) is 20.5. The number of benzene rings is 2. The third-order valence-electron chi connectivity index (χ3n) is 8.62. The van der Waals surface area contributed by atoms with Gasteiger partial charge in [-0.1, -0.05) is 109 Å². The van der Waals surface area contributed by atoms with E-state index in [0.29, 0.717) is 5.92 Å².